The van der Waals surface area contributed by atoms with Crippen LogP contribution in [-0.2, 0) is 6.54 Å². The lowest BCUT2D eigenvalue weighted by atomic mass is 10.2. The van der Waals surface area contributed by atoms with Gasteiger partial charge in [0.1, 0.15) is 18.9 Å². The van der Waals surface area contributed by atoms with E-state index in [1.807, 2.05) is 0 Å². The normalized spacial score (nSPS) is 10.8. The van der Waals surface area contributed by atoms with Crippen molar-refractivity contribution in [2.45, 2.75) is 20.4 Å². The summed E-state index contributed by atoms with van der Waals surface area (Å²) < 4.78 is 4.51. The number of rotatable bonds is 3. The van der Waals surface area contributed by atoms with E-state index < -0.39 is 0 Å². The molecule has 0 amide bonds. The van der Waals surface area contributed by atoms with Gasteiger partial charge in [0.25, 0.3) is 5.82 Å². The number of hydrogen-bond donors (Lipinski definition) is 1. The molecule has 0 saturated carbocycles. The lowest BCUT2D eigenvalue weighted by molar-refractivity contribution is -0.693. The minimum atomic E-state index is 0. The first-order valence-electron chi connectivity index (χ1n) is 7.93. The molecule has 0 fully saturated rings. The third-order valence-corrected chi connectivity index (χ3v) is 4.54. The maximum absolute atomic E-state index is 3.55. The van der Waals surface area contributed by atoms with Crippen molar-refractivity contribution in [3.05, 3.63) is 83.9 Å². The first kappa shape index (κ1) is 16.5. The maximum atomic E-state index is 3.55. The number of benzene rings is 2. The minimum absolute atomic E-state index is 0. The number of para-hydroxylation sites is 1. The van der Waals surface area contributed by atoms with Gasteiger partial charge in [0.15, 0.2) is 0 Å². The van der Waals surface area contributed by atoms with Gasteiger partial charge >= 0.3 is 0 Å². The van der Waals surface area contributed by atoms with Crippen molar-refractivity contribution in [1.29, 1.82) is 0 Å². The third kappa shape index (κ3) is 2.78. The number of nitrogens with one attached hydrogen (secondary N) is 1. The van der Waals surface area contributed by atoms with Gasteiger partial charge in [0.05, 0.1) is 0 Å². The third-order valence-electron chi connectivity index (χ3n) is 4.54. The molecular weight excluding hydrogens is 362 g/mol. The number of imidazole rings is 1. The van der Waals surface area contributed by atoms with E-state index in [-0.39, 0.29) is 17.0 Å². The molecule has 4 aromatic rings. The average Bonchev–Trinajstić information content (AvgIpc) is 3.10. The summed E-state index contributed by atoms with van der Waals surface area (Å²) in [6, 6.07) is 19.0. The van der Waals surface area contributed by atoms with E-state index in [1.165, 1.54) is 27.9 Å². The topological polar surface area (TPSA) is 24.6 Å². The van der Waals surface area contributed by atoms with Crippen LogP contribution in [0.2, 0.25) is 0 Å². The first-order chi connectivity index (χ1) is 11.2. The molecule has 0 atom stereocenters. The van der Waals surface area contributed by atoms with Crippen LogP contribution in [0, 0.1) is 13.8 Å². The fraction of sp³-hybridized carbons (Fsp3) is 0.150. The van der Waals surface area contributed by atoms with Gasteiger partial charge < -0.3 is 22.0 Å². The van der Waals surface area contributed by atoms with Crippen molar-refractivity contribution < 1.29 is 21.5 Å². The molecule has 0 saturated heterocycles. The van der Waals surface area contributed by atoms with Crippen LogP contribution in [0.5, 0.6) is 0 Å². The van der Waals surface area contributed by atoms with Crippen molar-refractivity contribution in [3.8, 4) is 5.82 Å². The van der Waals surface area contributed by atoms with E-state index in [2.05, 4.69) is 95.0 Å². The number of H-pyrrole nitrogens is 1. The van der Waals surface area contributed by atoms with Crippen LogP contribution in [0.15, 0.2) is 67.0 Å². The van der Waals surface area contributed by atoms with E-state index in [1.54, 1.807) is 0 Å². The zero-order valence-corrected chi connectivity index (χ0v) is 15.4. The second kappa shape index (κ2) is 6.65. The Bertz CT molecular complexity index is 967. The van der Waals surface area contributed by atoms with Crippen LogP contribution < -0.4 is 21.5 Å². The summed E-state index contributed by atoms with van der Waals surface area (Å²) in [7, 11) is 0. The molecule has 3 nitrogen and oxygen atoms in total. The monoisotopic (exact) mass is 381 g/mol. The van der Waals surface area contributed by atoms with Crippen molar-refractivity contribution in [2.75, 3.05) is 0 Å². The molecule has 0 bridgehead atoms. The van der Waals surface area contributed by atoms with Gasteiger partial charge in [-0.3, -0.25) is 0 Å². The Kier molecular flexibility index (Phi) is 4.58. The molecule has 1 N–H and O–H groups in total. The van der Waals surface area contributed by atoms with Gasteiger partial charge in [-0.05, 0) is 18.6 Å². The van der Waals surface area contributed by atoms with E-state index in [9.17, 15) is 0 Å². The number of hydrogen-bond acceptors (Lipinski definition) is 0. The second-order valence-electron chi connectivity index (χ2n) is 5.97. The molecule has 2 aromatic carbocycles. The largest absolute Gasteiger partial charge is 1.00 e. The molecule has 0 radical (unpaired) electrons. The fourth-order valence-corrected chi connectivity index (χ4v) is 3.19. The van der Waals surface area contributed by atoms with Crippen molar-refractivity contribution >= 4 is 10.9 Å². The summed E-state index contributed by atoms with van der Waals surface area (Å²) in [5.74, 6) is 2.36. The number of aromatic nitrogens is 3. The first-order valence-corrected chi connectivity index (χ1v) is 7.93. The van der Waals surface area contributed by atoms with Crippen molar-refractivity contribution in [2.24, 2.45) is 0 Å². The lowest BCUT2D eigenvalue weighted by Crippen LogP contribution is -3.00. The highest BCUT2D eigenvalue weighted by molar-refractivity contribution is 5.86. The average molecular weight is 382 g/mol. The summed E-state index contributed by atoms with van der Waals surface area (Å²) in [4.78, 5) is 3.55. The van der Waals surface area contributed by atoms with Crippen LogP contribution in [0.3, 0.4) is 0 Å². The van der Waals surface area contributed by atoms with E-state index in [0.29, 0.717) is 0 Å². The molecule has 0 aliphatic carbocycles. The molecular formula is C20H20BrN3. The van der Waals surface area contributed by atoms with Crippen LogP contribution in [0.4, 0.5) is 0 Å². The Morgan fingerprint density at radius 1 is 0.958 bits per heavy atom. The smallest absolute Gasteiger partial charge is 0.259 e. The molecule has 2 aromatic heterocycles. The highest BCUT2D eigenvalue weighted by Crippen LogP contribution is 2.24. The minimum Gasteiger partial charge on any atom is -1.00 e. The summed E-state index contributed by atoms with van der Waals surface area (Å²) in [5, 5.41) is 1.28. The van der Waals surface area contributed by atoms with Gasteiger partial charge in [-0.1, -0.05) is 48.5 Å². The summed E-state index contributed by atoms with van der Waals surface area (Å²) in [6.45, 7) is 5.22. The molecule has 122 valence electrons. The predicted molar refractivity (Wildman–Crippen MR) is 92.8 cm³/mol. The fourth-order valence-electron chi connectivity index (χ4n) is 3.19. The Balaban J connectivity index is 0.00000169. The van der Waals surface area contributed by atoms with Crippen molar-refractivity contribution in [3.63, 3.8) is 0 Å². The van der Waals surface area contributed by atoms with Crippen molar-refractivity contribution in [1.82, 2.24) is 9.55 Å². The standard InChI is InChI=1S/C20H20N3.BrH/c1-15-18-10-6-7-11-19(18)21-20(15)23-13-12-22(16(23)2)14-17-8-4-3-5-9-17;/h3-13,21H,14H2,1-2H3;1H/q+1;/p-1. The van der Waals surface area contributed by atoms with Crippen LogP contribution in [-0.4, -0.2) is 9.55 Å². The van der Waals surface area contributed by atoms with E-state index >= 15 is 0 Å². The Labute approximate surface area is 152 Å². The highest BCUT2D eigenvalue weighted by Gasteiger charge is 2.19. The number of halogens is 1. The molecule has 0 spiro atoms. The number of aryl methyl sites for hydroxylation is 1. The zero-order chi connectivity index (χ0) is 15.8. The van der Waals surface area contributed by atoms with Gasteiger partial charge in [0, 0.05) is 23.4 Å². The molecule has 0 aliphatic heterocycles. The van der Waals surface area contributed by atoms with Gasteiger partial charge in [0.2, 0.25) is 5.82 Å². The highest BCUT2D eigenvalue weighted by atomic mass is 79.9. The molecule has 0 aliphatic rings. The summed E-state index contributed by atoms with van der Waals surface area (Å²) >= 11 is 0. The van der Waals surface area contributed by atoms with Gasteiger partial charge in [-0.15, -0.1) is 0 Å². The number of fused-ring (bicyclic) bond motifs is 1. The van der Waals surface area contributed by atoms with Crippen LogP contribution >= 0.6 is 0 Å². The second-order valence-corrected chi connectivity index (χ2v) is 5.97. The Morgan fingerprint density at radius 3 is 2.42 bits per heavy atom. The lowest BCUT2D eigenvalue weighted by Gasteiger charge is -2.01. The number of nitrogens with zero attached hydrogens (tertiary/aromatic N) is 2. The maximum Gasteiger partial charge on any atom is 0.259 e. The summed E-state index contributed by atoms with van der Waals surface area (Å²) in [5.41, 5.74) is 3.78. The van der Waals surface area contributed by atoms with E-state index in [4.69, 9.17) is 0 Å². The van der Waals surface area contributed by atoms with E-state index in [0.717, 1.165) is 12.4 Å². The Hall–Kier alpha value is -2.33. The molecule has 4 heteroatoms. The molecule has 24 heavy (non-hydrogen) atoms. The zero-order valence-electron chi connectivity index (χ0n) is 13.8. The predicted octanol–water partition coefficient (Wildman–Crippen LogP) is 0.915. The SMILES string of the molecule is Cc1c(-n2cc[n+](Cc3ccccc3)c2C)[nH]c2ccccc12.[Br-]. The summed E-state index contributed by atoms with van der Waals surface area (Å²) in [6.07, 6.45) is 4.28. The van der Waals surface area contributed by atoms with Gasteiger partial charge in [-0.2, -0.15) is 4.57 Å². The quantitative estimate of drug-likeness (QED) is 0.510. The van der Waals surface area contributed by atoms with Crippen LogP contribution in [0.25, 0.3) is 16.7 Å². The Morgan fingerprint density at radius 2 is 1.67 bits per heavy atom. The molecule has 4 rings (SSSR count). The molecule has 2 heterocycles. The molecule has 0 unspecified atom stereocenters. The number of aromatic amines is 1. The van der Waals surface area contributed by atoms with Crippen LogP contribution in [0.1, 0.15) is 17.0 Å². The van der Waals surface area contributed by atoms with Gasteiger partial charge in [-0.25, -0.2) is 4.57 Å².